The third-order valence-corrected chi connectivity index (χ3v) is 3.68. The van der Waals surface area contributed by atoms with E-state index in [9.17, 15) is 14.4 Å². The number of hydrogen-bond donors (Lipinski definition) is 2. The van der Waals surface area contributed by atoms with Crippen molar-refractivity contribution in [2.24, 2.45) is 0 Å². The Hall–Kier alpha value is -3.49. The maximum atomic E-state index is 11.9. The predicted octanol–water partition coefficient (Wildman–Crippen LogP) is 2.42. The number of nitrogens with one attached hydrogen (secondary N) is 2. The molecule has 0 unspecified atom stereocenters. The van der Waals surface area contributed by atoms with Gasteiger partial charge in [0.15, 0.2) is 6.61 Å². The monoisotopic (exact) mass is 400 g/mol. The smallest absolute Gasteiger partial charge is 0.338 e. The van der Waals surface area contributed by atoms with Gasteiger partial charge in [0, 0.05) is 24.6 Å². The van der Waals surface area contributed by atoms with Crippen LogP contribution in [0.1, 0.15) is 36.5 Å². The molecule has 0 aliphatic heterocycles. The molecule has 1 aromatic carbocycles. The zero-order valence-electron chi connectivity index (χ0n) is 16.2. The third-order valence-electron chi connectivity index (χ3n) is 3.68. The quantitative estimate of drug-likeness (QED) is 0.436. The van der Waals surface area contributed by atoms with Crippen LogP contribution in [0.4, 0.5) is 11.6 Å². The minimum atomic E-state index is -0.520. The van der Waals surface area contributed by atoms with E-state index in [4.69, 9.17) is 9.47 Å². The van der Waals surface area contributed by atoms with Gasteiger partial charge < -0.3 is 20.1 Å². The number of hydrogen-bond acceptors (Lipinski definition) is 8. The number of anilines is 2. The maximum Gasteiger partial charge on any atom is 0.338 e. The van der Waals surface area contributed by atoms with Gasteiger partial charge in [0.25, 0.3) is 5.91 Å². The lowest BCUT2D eigenvalue weighted by Gasteiger charge is -2.08. The van der Waals surface area contributed by atoms with Crippen LogP contribution < -0.4 is 10.6 Å². The van der Waals surface area contributed by atoms with Crippen LogP contribution in [0.5, 0.6) is 0 Å². The standard InChI is InChI=1S/C20H24N4O5/c1-2-3-13-28-19(27)15-5-7-16(8-6-15)24-17(25)14-29-18(26)9-12-23-20-21-10-4-11-22-20/h4-8,10-11H,2-3,9,12-14H2,1H3,(H,24,25)(H,21,22,23). The average molecular weight is 400 g/mol. The summed E-state index contributed by atoms with van der Waals surface area (Å²) in [6, 6.07) is 7.98. The zero-order valence-corrected chi connectivity index (χ0v) is 16.2. The van der Waals surface area contributed by atoms with Crippen molar-refractivity contribution in [2.45, 2.75) is 26.2 Å². The molecule has 2 aromatic rings. The molecule has 0 aliphatic carbocycles. The maximum absolute atomic E-state index is 11.9. The number of amides is 1. The number of carbonyl (C=O) groups is 3. The number of carbonyl (C=O) groups excluding carboxylic acids is 3. The van der Waals surface area contributed by atoms with Crippen molar-refractivity contribution >= 4 is 29.5 Å². The molecule has 0 atom stereocenters. The lowest BCUT2D eigenvalue weighted by Crippen LogP contribution is -2.22. The van der Waals surface area contributed by atoms with Gasteiger partial charge in [-0.1, -0.05) is 13.3 Å². The van der Waals surface area contributed by atoms with Crippen molar-refractivity contribution < 1.29 is 23.9 Å². The number of ether oxygens (including phenoxy) is 2. The highest BCUT2D eigenvalue weighted by Crippen LogP contribution is 2.11. The Bertz CT molecular complexity index is 796. The van der Waals surface area contributed by atoms with Crippen LogP contribution in [0.25, 0.3) is 0 Å². The van der Waals surface area contributed by atoms with Crippen LogP contribution in [-0.2, 0) is 19.1 Å². The number of unbranched alkanes of at least 4 members (excludes halogenated alkanes) is 1. The summed E-state index contributed by atoms with van der Waals surface area (Å²) in [6.07, 6.45) is 5.00. The molecule has 0 saturated carbocycles. The molecule has 2 rings (SSSR count). The summed E-state index contributed by atoms with van der Waals surface area (Å²) in [5.74, 6) is -0.986. The molecule has 29 heavy (non-hydrogen) atoms. The first-order chi connectivity index (χ1) is 14.1. The molecule has 0 fully saturated rings. The number of nitrogens with zero attached hydrogens (tertiary/aromatic N) is 2. The summed E-state index contributed by atoms with van der Waals surface area (Å²) >= 11 is 0. The predicted molar refractivity (Wildman–Crippen MR) is 106 cm³/mol. The molecule has 0 aliphatic rings. The Kier molecular flexibility index (Phi) is 9.07. The molecule has 1 aromatic heterocycles. The first kappa shape index (κ1) is 21.8. The minimum Gasteiger partial charge on any atom is -0.462 e. The van der Waals surface area contributed by atoms with Gasteiger partial charge in [-0.2, -0.15) is 0 Å². The second kappa shape index (κ2) is 12.1. The fourth-order valence-corrected chi connectivity index (χ4v) is 2.16. The topological polar surface area (TPSA) is 120 Å². The Morgan fingerprint density at radius 1 is 1.03 bits per heavy atom. The normalized spacial score (nSPS) is 10.1. The molecule has 9 nitrogen and oxygen atoms in total. The summed E-state index contributed by atoms with van der Waals surface area (Å²) in [6.45, 7) is 2.29. The fraction of sp³-hybridized carbons (Fsp3) is 0.350. The Labute approximate surface area is 168 Å². The molecule has 0 saturated heterocycles. The minimum absolute atomic E-state index is 0.0698. The Balaban J connectivity index is 1.66. The van der Waals surface area contributed by atoms with Crippen LogP contribution in [0, 0.1) is 0 Å². The van der Waals surface area contributed by atoms with E-state index in [1.807, 2.05) is 6.92 Å². The number of esters is 2. The van der Waals surface area contributed by atoms with E-state index in [0.29, 0.717) is 30.4 Å². The summed E-state index contributed by atoms with van der Waals surface area (Å²) in [5.41, 5.74) is 0.888. The summed E-state index contributed by atoms with van der Waals surface area (Å²) in [7, 11) is 0. The van der Waals surface area contributed by atoms with E-state index < -0.39 is 24.5 Å². The molecule has 9 heteroatoms. The average Bonchev–Trinajstić information content (AvgIpc) is 2.74. The fourth-order valence-electron chi connectivity index (χ4n) is 2.16. The van der Waals surface area contributed by atoms with Crippen molar-refractivity contribution in [1.82, 2.24) is 9.97 Å². The second-order valence-corrected chi connectivity index (χ2v) is 6.02. The highest BCUT2D eigenvalue weighted by molar-refractivity contribution is 5.94. The largest absolute Gasteiger partial charge is 0.462 e. The van der Waals surface area contributed by atoms with Crippen LogP contribution in [0.3, 0.4) is 0 Å². The number of rotatable bonds is 11. The third kappa shape index (κ3) is 8.37. The van der Waals surface area contributed by atoms with Gasteiger partial charge in [0.2, 0.25) is 5.95 Å². The van der Waals surface area contributed by atoms with Crippen molar-refractivity contribution in [1.29, 1.82) is 0 Å². The van der Waals surface area contributed by atoms with Gasteiger partial charge in [-0.3, -0.25) is 9.59 Å². The van der Waals surface area contributed by atoms with E-state index >= 15 is 0 Å². The van der Waals surface area contributed by atoms with E-state index in [-0.39, 0.29) is 6.42 Å². The molecular weight excluding hydrogens is 376 g/mol. The van der Waals surface area contributed by atoms with Crippen LogP contribution >= 0.6 is 0 Å². The SMILES string of the molecule is CCCCOC(=O)c1ccc(NC(=O)COC(=O)CCNc2ncccn2)cc1. The van der Waals surface area contributed by atoms with Gasteiger partial charge in [-0.05, 0) is 36.8 Å². The van der Waals surface area contributed by atoms with Gasteiger partial charge in [0.05, 0.1) is 18.6 Å². The first-order valence-electron chi connectivity index (χ1n) is 9.32. The number of aromatic nitrogens is 2. The van der Waals surface area contributed by atoms with E-state index in [1.165, 1.54) is 0 Å². The summed E-state index contributed by atoms with van der Waals surface area (Å²) in [5, 5.41) is 5.47. The van der Waals surface area contributed by atoms with Gasteiger partial charge in [-0.15, -0.1) is 0 Å². The van der Waals surface area contributed by atoms with Crippen LogP contribution in [0.2, 0.25) is 0 Å². The molecule has 0 bridgehead atoms. The molecule has 154 valence electrons. The summed E-state index contributed by atoms with van der Waals surface area (Å²) in [4.78, 5) is 43.3. The second-order valence-electron chi connectivity index (χ2n) is 6.02. The number of benzene rings is 1. The van der Waals surface area contributed by atoms with Crippen LogP contribution in [0.15, 0.2) is 42.7 Å². The van der Waals surface area contributed by atoms with Crippen molar-refractivity contribution in [2.75, 3.05) is 30.4 Å². The molecule has 0 radical (unpaired) electrons. The Morgan fingerprint density at radius 3 is 2.45 bits per heavy atom. The molecule has 1 amide bonds. The molecule has 1 heterocycles. The summed E-state index contributed by atoms with van der Waals surface area (Å²) < 4.78 is 10.0. The van der Waals surface area contributed by atoms with Crippen molar-refractivity contribution in [3.05, 3.63) is 48.3 Å². The van der Waals surface area contributed by atoms with Gasteiger partial charge in [-0.25, -0.2) is 14.8 Å². The van der Waals surface area contributed by atoms with E-state index in [1.54, 1.807) is 42.7 Å². The van der Waals surface area contributed by atoms with E-state index in [2.05, 4.69) is 20.6 Å². The first-order valence-corrected chi connectivity index (χ1v) is 9.32. The van der Waals surface area contributed by atoms with Crippen molar-refractivity contribution in [3.8, 4) is 0 Å². The van der Waals surface area contributed by atoms with Gasteiger partial charge in [0.1, 0.15) is 0 Å². The van der Waals surface area contributed by atoms with Crippen LogP contribution in [-0.4, -0.2) is 47.6 Å². The lowest BCUT2D eigenvalue weighted by molar-refractivity contribution is -0.147. The molecular formula is C20H24N4O5. The highest BCUT2D eigenvalue weighted by Gasteiger charge is 2.10. The van der Waals surface area contributed by atoms with E-state index in [0.717, 1.165) is 12.8 Å². The van der Waals surface area contributed by atoms with Crippen molar-refractivity contribution in [3.63, 3.8) is 0 Å². The molecule has 0 spiro atoms. The molecule has 2 N–H and O–H groups in total. The lowest BCUT2D eigenvalue weighted by atomic mass is 10.2. The zero-order chi connectivity index (χ0) is 20.9. The highest BCUT2D eigenvalue weighted by atomic mass is 16.5. The van der Waals surface area contributed by atoms with Gasteiger partial charge >= 0.3 is 11.9 Å². The Morgan fingerprint density at radius 2 is 1.76 bits per heavy atom.